The van der Waals surface area contributed by atoms with Crippen molar-refractivity contribution in [1.29, 1.82) is 0 Å². The summed E-state index contributed by atoms with van der Waals surface area (Å²) in [6, 6.07) is 9.48. The molecule has 2 amide bonds. The Morgan fingerprint density at radius 3 is 2.75 bits per heavy atom. The molecule has 6 bridgehead atoms. The fourth-order valence-corrected chi connectivity index (χ4v) is 6.04. The van der Waals surface area contributed by atoms with Crippen molar-refractivity contribution >= 4 is 23.8 Å². The van der Waals surface area contributed by atoms with Gasteiger partial charge in [-0.1, -0.05) is 30.4 Å². The van der Waals surface area contributed by atoms with Crippen LogP contribution in [-0.4, -0.2) is 28.7 Å². The van der Waals surface area contributed by atoms with Gasteiger partial charge in [0.25, 0.3) is 11.8 Å². The van der Waals surface area contributed by atoms with Gasteiger partial charge in [0.2, 0.25) is 5.91 Å². The van der Waals surface area contributed by atoms with E-state index < -0.39 is 18.4 Å². The minimum absolute atomic E-state index is 0.0409. The van der Waals surface area contributed by atoms with E-state index in [1.54, 1.807) is 0 Å². The molecule has 3 N–H and O–H groups in total. The number of aliphatic imine (C=N–C) groups is 1. The predicted octanol–water partition coefficient (Wildman–Crippen LogP) is 4.75. The first-order valence-electron chi connectivity index (χ1n) is 12.6. The highest BCUT2D eigenvalue weighted by molar-refractivity contribution is 5.99. The van der Waals surface area contributed by atoms with Crippen LogP contribution in [0.15, 0.2) is 47.5 Å². The molecule has 36 heavy (non-hydrogen) atoms. The van der Waals surface area contributed by atoms with E-state index in [-0.39, 0.29) is 53.8 Å². The number of benzene rings is 2. The molecule has 6 nitrogen and oxygen atoms in total. The SMILES string of the molecule is NC1=NC2CC/C=C\c3ccc4c(c3)C(CC4)NC(=O)c3ccc4c(c3)[C@@H](CCC4(F)F)N1C(=O)C2. The molecular weight excluding hydrogens is 462 g/mol. The van der Waals surface area contributed by atoms with Crippen molar-refractivity contribution in [2.45, 2.75) is 69.0 Å². The molecule has 3 aliphatic heterocycles. The van der Waals surface area contributed by atoms with E-state index in [0.717, 1.165) is 30.4 Å². The van der Waals surface area contributed by atoms with Crippen LogP contribution in [0.25, 0.3) is 6.08 Å². The first-order valence-corrected chi connectivity index (χ1v) is 12.6. The Hall–Kier alpha value is -3.55. The van der Waals surface area contributed by atoms with E-state index in [0.29, 0.717) is 12.0 Å². The van der Waals surface area contributed by atoms with Gasteiger partial charge in [-0.05, 0) is 72.6 Å². The monoisotopic (exact) mass is 490 g/mol. The molecule has 0 fully saturated rings. The van der Waals surface area contributed by atoms with Crippen molar-refractivity contribution in [3.63, 3.8) is 0 Å². The van der Waals surface area contributed by atoms with Crippen LogP contribution in [-0.2, 0) is 17.1 Å². The average Bonchev–Trinajstić information content (AvgIpc) is 3.24. The zero-order valence-corrected chi connectivity index (χ0v) is 19.8. The summed E-state index contributed by atoms with van der Waals surface area (Å²) < 4.78 is 29.8. The van der Waals surface area contributed by atoms with Gasteiger partial charge in [-0.3, -0.25) is 14.5 Å². The zero-order valence-electron chi connectivity index (χ0n) is 19.8. The molecule has 3 atom stereocenters. The number of hydrogen-bond acceptors (Lipinski definition) is 4. The average molecular weight is 491 g/mol. The number of nitrogens with two attached hydrogens (primary N) is 1. The van der Waals surface area contributed by atoms with E-state index in [9.17, 15) is 18.4 Å². The number of aryl methyl sites for hydroxylation is 1. The lowest BCUT2D eigenvalue weighted by atomic mass is 9.82. The van der Waals surface area contributed by atoms with Crippen molar-refractivity contribution in [2.24, 2.45) is 10.7 Å². The van der Waals surface area contributed by atoms with Gasteiger partial charge in [0.05, 0.1) is 18.1 Å². The largest absolute Gasteiger partial charge is 0.369 e. The number of rotatable bonds is 0. The molecule has 2 aliphatic carbocycles. The van der Waals surface area contributed by atoms with Crippen LogP contribution in [0.1, 0.15) is 88.8 Å². The Bertz CT molecular complexity index is 1320. The highest BCUT2D eigenvalue weighted by Crippen LogP contribution is 2.47. The number of guanidine groups is 1. The zero-order chi connectivity index (χ0) is 25.0. The number of carbonyl (C=O) groups excluding carboxylic acids is 2. The number of allylic oxidation sites excluding steroid dienone is 1. The first-order chi connectivity index (χ1) is 17.3. The first kappa shape index (κ1) is 22.9. The summed E-state index contributed by atoms with van der Waals surface area (Å²) in [5, 5.41) is 3.10. The number of nitrogens with zero attached hydrogens (tertiary/aromatic N) is 2. The van der Waals surface area contributed by atoms with Gasteiger partial charge < -0.3 is 11.1 Å². The fourth-order valence-electron chi connectivity index (χ4n) is 6.04. The van der Waals surface area contributed by atoms with E-state index in [2.05, 4.69) is 40.7 Å². The van der Waals surface area contributed by atoms with Crippen LogP contribution in [0.2, 0.25) is 0 Å². The number of amides is 2. The van der Waals surface area contributed by atoms with Crippen LogP contribution in [0.3, 0.4) is 0 Å². The van der Waals surface area contributed by atoms with Gasteiger partial charge in [0.1, 0.15) is 0 Å². The van der Waals surface area contributed by atoms with E-state index >= 15 is 0 Å². The lowest BCUT2D eigenvalue weighted by Crippen LogP contribution is -2.50. The Morgan fingerprint density at radius 2 is 1.92 bits per heavy atom. The third-order valence-electron chi connectivity index (χ3n) is 7.88. The lowest BCUT2D eigenvalue weighted by Gasteiger charge is -2.40. The molecular formula is C28H28F2N4O2. The number of alkyl halides is 2. The maximum Gasteiger partial charge on any atom is 0.273 e. The smallest absolute Gasteiger partial charge is 0.273 e. The molecule has 2 aromatic rings. The highest BCUT2D eigenvalue weighted by Gasteiger charge is 2.45. The second-order valence-electron chi connectivity index (χ2n) is 10.2. The second kappa shape index (κ2) is 8.54. The minimum Gasteiger partial charge on any atom is -0.369 e. The number of carbonyl (C=O) groups is 2. The molecule has 0 saturated carbocycles. The summed E-state index contributed by atoms with van der Waals surface area (Å²) in [5.74, 6) is -3.53. The van der Waals surface area contributed by atoms with Crippen molar-refractivity contribution in [2.75, 3.05) is 0 Å². The van der Waals surface area contributed by atoms with Crippen LogP contribution in [0.5, 0.6) is 0 Å². The van der Waals surface area contributed by atoms with Crippen molar-refractivity contribution in [3.8, 4) is 0 Å². The third-order valence-corrected chi connectivity index (χ3v) is 7.88. The quantitative estimate of drug-likeness (QED) is 0.559. The van der Waals surface area contributed by atoms with Gasteiger partial charge in [-0.2, -0.15) is 0 Å². The van der Waals surface area contributed by atoms with E-state index in [1.807, 2.05) is 0 Å². The van der Waals surface area contributed by atoms with Crippen molar-refractivity contribution < 1.29 is 18.4 Å². The van der Waals surface area contributed by atoms with Crippen molar-refractivity contribution in [3.05, 3.63) is 75.9 Å². The van der Waals surface area contributed by atoms with Crippen molar-refractivity contribution in [1.82, 2.24) is 10.2 Å². The molecule has 8 heteroatoms. The molecule has 7 rings (SSSR count). The molecule has 0 spiro atoms. The van der Waals surface area contributed by atoms with Gasteiger partial charge in [-0.25, -0.2) is 13.8 Å². The molecule has 2 aromatic carbocycles. The number of fused-ring (bicyclic) bond motifs is 4. The maximum atomic E-state index is 14.9. The summed E-state index contributed by atoms with van der Waals surface area (Å²) in [6.45, 7) is 0. The van der Waals surface area contributed by atoms with Crippen LogP contribution in [0.4, 0.5) is 8.78 Å². The normalized spacial score (nSPS) is 27.7. The number of nitrogens with one attached hydrogen (secondary N) is 1. The van der Waals surface area contributed by atoms with Gasteiger partial charge >= 0.3 is 0 Å². The molecule has 3 heterocycles. The van der Waals surface area contributed by atoms with Gasteiger partial charge in [0, 0.05) is 24.0 Å². The number of hydrogen-bond donors (Lipinski definition) is 2. The number of halogens is 2. The Morgan fingerprint density at radius 1 is 1.06 bits per heavy atom. The second-order valence-corrected chi connectivity index (χ2v) is 10.2. The minimum atomic E-state index is -3.04. The molecule has 0 saturated heterocycles. The Labute approximate surface area is 208 Å². The highest BCUT2D eigenvalue weighted by atomic mass is 19.3. The van der Waals surface area contributed by atoms with E-state index in [1.165, 1.54) is 28.7 Å². The summed E-state index contributed by atoms with van der Waals surface area (Å²) in [7, 11) is 0. The standard InChI is InChI=1S/C28H28F2N4O2/c29-28(30)12-11-24-21-14-18(7-9-22(21)28)26(36)33-23-10-8-17-6-5-16(13-20(17)23)3-1-2-4-19-15-25(35)34(24)27(31)32-19/h1,3,5-7,9,13-14,19,23-24H,2,4,8,10-12,15H2,(H2,31,32)(H,33,36)/b3-1-/t19?,23?,24-/m1/s1. The topological polar surface area (TPSA) is 87.8 Å². The van der Waals surface area contributed by atoms with Gasteiger partial charge in [-0.15, -0.1) is 0 Å². The predicted molar refractivity (Wildman–Crippen MR) is 132 cm³/mol. The molecule has 5 aliphatic rings. The molecule has 0 aromatic heterocycles. The summed E-state index contributed by atoms with van der Waals surface area (Å²) in [5.41, 5.74) is 10.0. The molecule has 186 valence electrons. The molecule has 0 radical (unpaired) electrons. The van der Waals surface area contributed by atoms with Crippen LogP contribution in [0, 0.1) is 0 Å². The Balaban J connectivity index is 1.45. The van der Waals surface area contributed by atoms with E-state index in [4.69, 9.17) is 5.73 Å². The lowest BCUT2D eigenvalue weighted by molar-refractivity contribution is -0.131. The fraction of sp³-hybridized carbons (Fsp3) is 0.393. The van der Waals surface area contributed by atoms with Gasteiger partial charge in [0.15, 0.2) is 5.96 Å². The summed E-state index contributed by atoms with van der Waals surface area (Å²) >= 11 is 0. The Kier molecular flexibility index (Phi) is 5.43. The van der Waals surface area contributed by atoms with Crippen LogP contribution < -0.4 is 11.1 Å². The summed E-state index contributed by atoms with van der Waals surface area (Å²) in [4.78, 5) is 32.4. The third kappa shape index (κ3) is 3.88. The van der Waals surface area contributed by atoms with Crippen LogP contribution >= 0.6 is 0 Å². The molecule has 2 unspecified atom stereocenters. The maximum absolute atomic E-state index is 14.9. The summed E-state index contributed by atoms with van der Waals surface area (Å²) in [6.07, 6.45) is 7.00.